The molecule has 3 heterocycles. The summed E-state index contributed by atoms with van der Waals surface area (Å²) in [5.41, 5.74) is 0. The minimum Gasteiger partial charge on any atom is -0.394 e. The van der Waals surface area contributed by atoms with Gasteiger partial charge in [0.05, 0.1) is 38.6 Å². The van der Waals surface area contributed by atoms with Crippen LogP contribution < -0.4 is 5.32 Å². The van der Waals surface area contributed by atoms with Crippen LogP contribution >= 0.6 is 0 Å². The van der Waals surface area contributed by atoms with Crippen molar-refractivity contribution < 1.29 is 89.4 Å². The molecule has 606 valence electrons. The molecule has 19 nitrogen and oxygen atoms in total. The van der Waals surface area contributed by atoms with Crippen molar-refractivity contribution in [2.75, 3.05) is 26.4 Å². The molecular weight excluding hydrogens is 1320 g/mol. The zero-order valence-electron chi connectivity index (χ0n) is 65.0. The maximum atomic E-state index is 13.5. The average Bonchev–Trinajstić information content (AvgIpc) is 0.783. The van der Waals surface area contributed by atoms with Gasteiger partial charge in [0, 0.05) is 6.42 Å². The number of carbonyl (C=O) groups is 1. The zero-order chi connectivity index (χ0) is 75.3. The lowest BCUT2D eigenvalue weighted by atomic mass is 9.96. The molecule has 17 atom stereocenters. The molecule has 0 saturated carbocycles. The molecule has 3 saturated heterocycles. The predicted octanol–water partition coefficient (Wildman–Crippen LogP) is 14.8. The van der Waals surface area contributed by atoms with Crippen LogP contribution in [0.25, 0.3) is 0 Å². The Balaban J connectivity index is 1.35. The van der Waals surface area contributed by atoms with Gasteiger partial charge >= 0.3 is 0 Å². The number of rotatable bonds is 67. The fourth-order valence-corrected chi connectivity index (χ4v) is 14.0. The third kappa shape index (κ3) is 44.2. The van der Waals surface area contributed by atoms with Crippen LogP contribution in [0.3, 0.4) is 0 Å². The van der Waals surface area contributed by atoms with E-state index in [9.17, 15) is 61.0 Å². The topological polar surface area (TPSA) is 307 Å². The van der Waals surface area contributed by atoms with E-state index in [1.807, 2.05) is 6.08 Å². The fraction of sp³-hybridized carbons (Fsp3) is 0.847. The van der Waals surface area contributed by atoms with Crippen molar-refractivity contribution in [2.45, 2.75) is 433 Å². The maximum Gasteiger partial charge on any atom is 0.220 e. The lowest BCUT2D eigenvalue weighted by molar-refractivity contribution is -0.379. The van der Waals surface area contributed by atoms with Crippen LogP contribution in [0.5, 0.6) is 0 Å². The van der Waals surface area contributed by atoms with Gasteiger partial charge in [0.25, 0.3) is 0 Å². The van der Waals surface area contributed by atoms with Crippen molar-refractivity contribution in [2.24, 2.45) is 0 Å². The molecular formula is C85H153NO18. The quantitative estimate of drug-likeness (QED) is 0.0199. The summed E-state index contributed by atoms with van der Waals surface area (Å²) in [7, 11) is 0. The Morgan fingerprint density at radius 2 is 0.673 bits per heavy atom. The monoisotopic (exact) mass is 1480 g/mol. The molecule has 3 aliphatic heterocycles. The van der Waals surface area contributed by atoms with Crippen molar-refractivity contribution in [3.05, 3.63) is 72.9 Å². The Morgan fingerprint density at radius 3 is 1.08 bits per heavy atom. The van der Waals surface area contributed by atoms with Gasteiger partial charge in [0.2, 0.25) is 5.91 Å². The van der Waals surface area contributed by atoms with Crippen LogP contribution in [0.2, 0.25) is 0 Å². The number of unbranched alkanes of at least 4 members (excludes halogenated alkanes) is 41. The molecule has 0 bridgehead atoms. The minimum atomic E-state index is -1.98. The van der Waals surface area contributed by atoms with Gasteiger partial charge in [-0.2, -0.15) is 0 Å². The maximum absolute atomic E-state index is 13.5. The first-order valence-electron chi connectivity index (χ1n) is 42.2. The van der Waals surface area contributed by atoms with E-state index in [1.165, 1.54) is 231 Å². The highest BCUT2D eigenvalue weighted by Gasteiger charge is 2.54. The highest BCUT2D eigenvalue weighted by molar-refractivity contribution is 5.76. The van der Waals surface area contributed by atoms with Crippen molar-refractivity contribution >= 4 is 5.91 Å². The summed E-state index contributed by atoms with van der Waals surface area (Å²) >= 11 is 0. The molecule has 3 fully saturated rings. The molecule has 1 amide bonds. The predicted molar refractivity (Wildman–Crippen MR) is 415 cm³/mol. The van der Waals surface area contributed by atoms with E-state index in [2.05, 4.69) is 79.9 Å². The molecule has 0 aliphatic carbocycles. The second kappa shape index (κ2) is 65.0. The van der Waals surface area contributed by atoms with Crippen molar-refractivity contribution in [3.63, 3.8) is 0 Å². The number of allylic oxidation sites excluding steroid dienone is 11. The summed E-state index contributed by atoms with van der Waals surface area (Å²) in [6, 6.07) is -0.993. The Hall–Kier alpha value is -2.77. The molecule has 0 aromatic heterocycles. The average molecular weight is 1480 g/mol. The van der Waals surface area contributed by atoms with Gasteiger partial charge in [-0.1, -0.05) is 324 Å². The Morgan fingerprint density at radius 1 is 0.356 bits per heavy atom. The highest BCUT2D eigenvalue weighted by Crippen LogP contribution is 2.33. The Labute approximate surface area is 629 Å². The second-order valence-electron chi connectivity index (χ2n) is 29.9. The third-order valence-electron chi connectivity index (χ3n) is 20.7. The number of aliphatic hydroxyl groups excluding tert-OH is 11. The Kier molecular flexibility index (Phi) is 59.6. The second-order valence-corrected chi connectivity index (χ2v) is 29.9. The van der Waals surface area contributed by atoms with Gasteiger partial charge in [0.1, 0.15) is 73.2 Å². The van der Waals surface area contributed by atoms with E-state index in [-0.39, 0.29) is 18.9 Å². The van der Waals surface area contributed by atoms with Gasteiger partial charge < -0.3 is 89.9 Å². The highest BCUT2D eigenvalue weighted by atomic mass is 16.8. The Bertz CT molecular complexity index is 2160. The van der Waals surface area contributed by atoms with E-state index in [0.29, 0.717) is 12.8 Å². The molecule has 0 aromatic rings. The van der Waals surface area contributed by atoms with Crippen LogP contribution in [-0.2, 0) is 33.2 Å². The van der Waals surface area contributed by atoms with Crippen LogP contribution in [0, 0.1) is 0 Å². The van der Waals surface area contributed by atoms with Crippen molar-refractivity contribution in [1.82, 2.24) is 5.32 Å². The lowest BCUT2D eigenvalue weighted by Gasteiger charge is -2.48. The molecule has 3 rings (SSSR count). The molecule has 0 radical (unpaired) electrons. The number of hydrogen-bond acceptors (Lipinski definition) is 18. The first kappa shape index (κ1) is 95.4. The van der Waals surface area contributed by atoms with E-state index < -0.39 is 124 Å². The number of ether oxygens (including phenoxy) is 6. The van der Waals surface area contributed by atoms with Crippen LogP contribution in [-0.4, -0.2) is 193 Å². The third-order valence-corrected chi connectivity index (χ3v) is 20.7. The normalized spacial score (nSPS) is 26.3. The molecule has 0 aromatic carbocycles. The smallest absolute Gasteiger partial charge is 0.220 e. The molecule has 3 aliphatic rings. The first-order valence-corrected chi connectivity index (χ1v) is 42.2. The molecule has 12 N–H and O–H groups in total. The summed E-state index contributed by atoms with van der Waals surface area (Å²) in [5.74, 6) is -0.281. The summed E-state index contributed by atoms with van der Waals surface area (Å²) in [5, 5.41) is 121. The molecule has 17 unspecified atom stereocenters. The summed E-state index contributed by atoms with van der Waals surface area (Å²) in [6.45, 7) is 1.65. The standard InChI is InChI=1S/C85H153NO18/c1-3-5-7-9-11-13-15-17-19-21-23-25-27-29-30-31-32-33-34-35-36-37-38-39-41-43-45-47-49-51-53-55-57-59-61-63-73(91)86-68(69(90)62-60-58-56-54-52-50-48-46-44-42-40-28-26-24-22-20-18-16-14-12-10-8-6-4-2)67-99-83-79(97)76(94)81(71(65-88)101-83)104-85-80(98)77(95)82(72(66-89)102-85)103-84-78(96)75(93)74(92)70(64-87)100-84/h5,7,11,13,17,19,23,25,52,54,60,62,68-72,74-85,87-90,92-98H,3-4,6,8-10,12,14-16,18,20-22,24,26-51,53,55-59,61,63-67H2,1-2H3,(H,86,91)/b7-5-,13-11-,19-17-,25-23-,54-52+,62-60+. The first-order chi connectivity index (χ1) is 50.8. The molecule has 19 heteroatoms. The molecule has 104 heavy (non-hydrogen) atoms. The lowest BCUT2D eigenvalue weighted by Crippen LogP contribution is -2.66. The zero-order valence-corrected chi connectivity index (χ0v) is 65.0. The van der Waals surface area contributed by atoms with Gasteiger partial charge in [-0.25, -0.2) is 0 Å². The summed E-state index contributed by atoms with van der Waals surface area (Å²) in [6.07, 6.45) is 59.0. The summed E-state index contributed by atoms with van der Waals surface area (Å²) in [4.78, 5) is 13.5. The van der Waals surface area contributed by atoms with Gasteiger partial charge in [0.15, 0.2) is 18.9 Å². The van der Waals surface area contributed by atoms with Crippen molar-refractivity contribution in [1.29, 1.82) is 0 Å². The van der Waals surface area contributed by atoms with Gasteiger partial charge in [-0.3, -0.25) is 4.79 Å². The van der Waals surface area contributed by atoms with Crippen molar-refractivity contribution in [3.8, 4) is 0 Å². The number of amides is 1. The number of nitrogens with one attached hydrogen (secondary N) is 1. The number of hydrogen-bond donors (Lipinski definition) is 12. The molecule has 0 spiro atoms. The number of carbonyl (C=O) groups excluding carboxylic acids is 1. The van der Waals surface area contributed by atoms with E-state index in [4.69, 9.17) is 28.4 Å². The van der Waals surface area contributed by atoms with Gasteiger partial charge in [-0.05, 0) is 70.6 Å². The van der Waals surface area contributed by atoms with Crippen LogP contribution in [0.4, 0.5) is 0 Å². The minimum absolute atomic E-state index is 0.237. The number of aliphatic hydroxyl groups is 11. The van der Waals surface area contributed by atoms with Gasteiger partial charge in [-0.15, -0.1) is 0 Å². The largest absolute Gasteiger partial charge is 0.394 e. The van der Waals surface area contributed by atoms with E-state index in [1.54, 1.807) is 6.08 Å². The van der Waals surface area contributed by atoms with E-state index in [0.717, 1.165) is 64.2 Å². The van der Waals surface area contributed by atoms with Crippen LogP contribution in [0.1, 0.15) is 328 Å². The summed E-state index contributed by atoms with van der Waals surface area (Å²) < 4.78 is 34.5. The SMILES string of the molecule is CC/C=C\C/C=C\C/C=C\C/C=C\CCCCCCCCCCCCCCCCCCCCCCCCC(=O)NC(COC1OC(CO)C(OC2OC(CO)C(OC3OC(CO)C(O)C(O)C3O)C(O)C2O)C(O)C1O)C(O)/C=C/CC/C=C/CCCCCCCCCCCCCCCCCCCC. The van der Waals surface area contributed by atoms with Crippen LogP contribution in [0.15, 0.2) is 72.9 Å². The fourth-order valence-electron chi connectivity index (χ4n) is 14.0. The van der Waals surface area contributed by atoms with E-state index >= 15 is 0 Å².